The summed E-state index contributed by atoms with van der Waals surface area (Å²) in [4.78, 5) is 18.8. The minimum absolute atomic E-state index is 0.0846. The van der Waals surface area contributed by atoms with Crippen molar-refractivity contribution in [1.29, 1.82) is 0 Å². The first kappa shape index (κ1) is 11.9. The van der Waals surface area contributed by atoms with Crippen LogP contribution in [0.4, 0.5) is 0 Å². The van der Waals surface area contributed by atoms with Crippen molar-refractivity contribution in [1.82, 2.24) is 14.4 Å². The minimum atomic E-state index is -0.0846. The smallest absolute Gasteiger partial charge is 0.248 e. The summed E-state index contributed by atoms with van der Waals surface area (Å²) in [5.41, 5.74) is 4.81. The van der Waals surface area contributed by atoms with E-state index >= 15 is 0 Å². The molecule has 1 aromatic carbocycles. The van der Waals surface area contributed by atoms with Crippen molar-refractivity contribution in [2.75, 3.05) is 0 Å². The van der Waals surface area contributed by atoms with Crippen LogP contribution in [0, 0.1) is 6.92 Å². The maximum Gasteiger partial charge on any atom is 0.248 e. The molecular weight excluding hydrogens is 262 g/mol. The van der Waals surface area contributed by atoms with Crippen molar-refractivity contribution in [3.8, 4) is 11.3 Å². The summed E-state index contributed by atoms with van der Waals surface area (Å²) in [7, 11) is 0. The number of imidazole rings is 1. The van der Waals surface area contributed by atoms with E-state index in [-0.39, 0.29) is 5.56 Å². The Morgan fingerprint density at radius 2 is 2.00 bits per heavy atom. The molecular formula is C17H13N3O. The van der Waals surface area contributed by atoms with E-state index in [4.69, 9.17) is 0 Å². The summed E-state index contributed by atoms with van der Waals surface area (Å²) in [6.07, 6.45) is 2.04. The van der Waals surface area contributed by atoms with Crippen LogP contribution in [0.25, 0.3) is 27.8 Å². The average molecular weight is 275 g/mol. The molecule has 3 aromatic heterocycles. The van der Waals surface area contributed by atoms with Gasteiger partial charge in [0.15, 0.2) is 0 Å². The maximum absolute atomic E-state index is 11.3. The summed E-state index contributed by atoms with van der Waals surface area (Å²) in [5, 5.41) is 1.00. The van der Waals surface area contributed by atoms with Crippen LogP contribution >= 0.6 is 0 Å². The van der Waals surface area contributed by atoms with Crippen molar-refractivity contribution in [2.24, 2.45) is 0 Å². The Morgan fingerprint density at radius 1 is 1.10 bits per heavy atom. The highest BCUT2D eigenvalue weighted by molar-refractivity contribution is 5.83. The van der Waals surface area contributed by atoms with Gasteiger partial charge < -0.3 is 9.38 Å². The SMILES string of the molecule is Cc1cccc2nc(-c3ccc4[nH]c(=O)ccc4c3)cn12. The van der Waals surface area contributed by atoms with Crippen molar-refractivity contribution >= 4 is 16.6 Å². The molecule has 0 amide bonds. The van der Waals surface area contributed by atoms with Gasteiger partial charge in [0.25, 0.3) is 0 Å². The largest absolute Gasteiger partial charge is 0.322 e. The Labute approximate surface area is 120 Å². The van der Waals surface area contributed by atoms with Crippen molar-refractivity contribution < 1.29 is 0 Å². The summed E-state index contributed by atoms with van der Waals surface area (Å²) < 4.78 is 2.08. The molecule has 0 aliphatic rings. The maximum atomic E-state index is 11.3. The summed E-state index contributed by atoms with van der Waals surface area (Å²) >= 11 is 0. The Bertz CT molecular complexity index is 1030. The van der Waals surface area contributed by atoms with Gasteiger partial charge in [0.2, 0.25) is 5.56 Å². The molecule has 0 aliphatic carbocycles. The highest BCUT2D eigenvalue weighted by Gasteiger charge is 2.06. The van der Waals surface area contributed by atoms with E-state index in [1.807, 2.05) is 42.6 Å². The fourth-order valence-corrected chi connectivity index (χ4v) is 2.60. The molecule has 0 fully saturated rings. The number of nitrogens with zero attached hydrogens (tertiary/aromatic N) is 2. The first-order chi connectivity index (χ1) is 10.2. The molecule has 102 valence electrons. The van der Waals surface area contributed by atoms with Gasteiger partial charge in [-0.25, -0.2) is 4.98 Å². The van der Waals surface area contributed by atoms with E-state index in [2.05, 4.69) is 27.4 Å². The number of pyridine rings is 2. The predicted octanol–water partition coefficient (Wildman–Crippen LogP) is 3.15. The molecule has 4 nitrogen and oxygen atoms in total. The lowest BCUT2D eigenvalue weighted by molar-refractivity contribution is 1.09. The van der Waals surface area contributed by atoms with Crippen LogP contribution in [0.5, 0.6) is 0 Å². The molecule has 0 atom stereocenters. The fraction of sp³-hybridized carbons (Fsp3) is 0.0588. The zero-order valence-corrected chi connectivity index (χ0v) is 11.5. The van der Waals surface area contributed by atoms with Crippen molar-refractivity contribution in [3.05, 3.63) is 70.8 Å². The average Bonchev–Trinajstić information content (AvgIpc) is 2.92. The number of aromatic amines is 1. The van der Waals surface area contributed by atoms with Crippen molar-refractivity contribution in [2.45, 2.75) is 6.92 Å². The van der Waals surface area contributed by atoms with E-state index in [1.165, 1.54) is 0 Å². The van der Waals surface area contributed by atoms with Crippen LogP contribution in [-0.4, -0.2) is 14.4 Å². The Balaban J connectivity index is 1.93. The summed E-state index contributed by atoms with van der Waals surface area (Å²) in [6, 6.07) is 15.4. The third kappa shape index (κ3) is 1.92. The molecule has 4 rings (SSSR count). The predicted molar refractivity (Wildman–Crippen MR) is 83.5 cm³/mol. The molecule has 3 heterocycles. The third-order valence-corrected chi connectivity index (χ3v) is 3.72. The molecule has 0 spiro atoms. The highest BCUT2D eigenvalue weighted by Crippen LogP contribution is 2.23. The van der Waals surface area contributed by atoms with E-state index in [1.54, 1.807) is 6.07 Å². The van der Waals surface area contributed by atoms with Gasteiger partial charge in [-0.3, -0.25) is 4.79 Å². The van der Waals surface area contributed by atoms with Crippen LogP contribution < -0.4 is 5.56 Å². The van der Waals surface area contributed by atoms with Gasteiger partial charge in [-0.05, 0) is 42.6 Å². The quantitative estimate of drug-likeness (QED) is 0.580. The lowest BCUT2D eigenvalue weighted by Crippen LogP contribution is -2.01. The Hall–Kier alpha value is -2.88. The number of nitrogens with one attached hydrogen (secondary N) is 1. The van der Waals surface area contributed by atoms with Crippen LogP contribution in [0.15, 0.2) is 59.5 Å². The highest BCUT2D eigenvalue weighted by atomic mass is 16.1. The number of aromatic nitrogens is 3. The Kier molecular flexibility index (Phi) is 2.44. The summed E-state index contributed by atoms with van der Waals surface area (Å²) in [5.74, 6) is 0. The molecule has 4 aromatic rings. The van der Waals surface area contributed by atoms with Gasteiger partial charge in [0.05, 0.1) is 5.69 Å². The number of hydrogen-bond donors (Lipinski definition) is 1. The second-order valence-electron chi connectivity index (χ2n) is 5.15. The molecule has 0 aliphatic heterocycles. The molecule has 4 heteroatoms. The topological polar surface area (TPSA) is 50.2 Å². The van der Waals surface area contributed by atoms with Gasteiger partial charge in [0.1, 0.15) is 5.65 Å². The number of rotatable bonds is 1. The van der Waals surface area contributed by atoms with Gasteiger partial charge in [-0.15, -0.1) is 0 Å². The molecule has 0 unspecified atom stereocenters. The first-order valence-corrected chi connectivity index (χ1v) is 6.79. The minimum Gasteiger partial charge on any atom is -0.322 e. The van der Waals surface area contributed by atoms with Gasteiger partial charge in [0, 0.05) is 29.0 Å². The molecule has 0 saturated carbocycles. The third-order valence-electron chi connectivity index (χ3n) is 3.72. The standard InChI is InChI=1S/C17H13N3O/c1-11-3-2-4-16-18-15(10-20(11)16)13-5-7-14-12(9-13)6-8-17(21)19-14/h2-10H,1H3,(H,19,21). The van der Waals surface area contributed by atoms with Gasteiger partial charge in [-0.1, -0.05) is 12.1 Å². The molecule has 0 saturated heterocycles. The zero-order valence-electron chi connectivity index (χ0n) is 11.5. The molecule has 21 heavy (non-hydrogen) atoms. The van der Waals surface area contributed by atoms with Gasteiger partial charge in [-0.2, -0.15) is 0 Å². The number of aryl methyl sites for hydroxylation is 1. The van der Waals surface area contributed by atoms with E-state index in [0.29, 0.717) is 0 Å². The first-order valence-electron chi connectivity index (χ1n) is 6.79. The normalized spacial score (nSPS) is 11.3. The lowest BCUT2D eigenvalue weighted by atomic mass is 10.1. The second-order valence-corrected chi connectivity index (χ2v) is 5.15. The number of hydrogen-bond acceptors (Lipinski definition) is 2. The number of H-pyrrole nitrogens is 1. The summed E-state index contributed by atoms with van der Waals surface area (Å²) in [6.45, 7) is 2.06. The molecule has 0 radical (unpaired) electrons. The van der Waals surface area contributed by atoms with E-state index in [0.717, 1.165) is 33.5 Å². The molecule has 1 N–H and O–H groups in total. The van der Waals surface area contributed by atoms with E-state index < -0.39 is 0 Å². The monoisotopic (exact) mass is 275 g/mol. The van der Waals surface area contributed by atoms with Crippen LogP contribution in [-0.2, 0) is 0 Å². The van der Waals surface area contributed by atoms with E-state index in [9.17, 15) is 4.79 Å². The zero-order chi connectivity index (χ0) is 14.4. The van der Waals surface area contributed by atoms with Crippen LogP contribution in [0.2, 0.25) is 0 Å². The number of benzene rings is 1. The number of fused-ring (bicyclic) bond motifs is 2. The fourth-order valence-electron chi connectivity index (χ4n) is 2.60. The molecule has 0 bridgehead atoms. The van der Waals surface area contributed by atoms with Gasteiger partial charge >= 0.3 is 0 Å². The second kappa shape index (κ2) is 4.31. The van der Waals surface area contributed by atoms with Crippen molar-refractivity contribution in [3.63, 3.8) is 0 Å². The Morgan fingerprint density at radius 3 is 2.86 bits per heavy atom. The van der Waals surface area contributed by atoms with Crippen LogP contribution in [0.3, 0.4) is 0 Å². The van der Waals surface area contributed by atoms with Crippen LogP contribution in [0.1, 0.15) is 5.69 Å². The lowest BCUT2D eigenvalue weighted by Gasteiger charge is -2.00.